The Bertz CT molecular complexity index is 674. The molecule has 1 aromatic heterocycles. The molecule has 1 aliphatic rings. The Morgan fingerprint density at radius 2 is 2.30 bits per heavy atom. The average molecular weight is 292 g/mol. The zero-order valence-electron chi connectivity index (χ0n) is 10.1. The number of rotatable bonds is 1. The standard InChI is InChI=1S/C13H9ClFN4O/c14-7-2-1-3-8(15)11(7)12-18-9-6-17-5-4-10(9)19(12)13(16)20/h1-5,12,18H,(H2,16,20). The molecule has 0 saturated carbocycles. The van der Waals surface area contributed by atoms with Crippen LogP contribution in [-0.2, 0) is 0 Å². The van der Waals surface area contributed by atoms with Crippen LogP contribution < -0.4 is 16.0 Å². The maximum atomic E-state index is 14.0. The molecule has 0 saturated heterocycles. The van der Waals surface area contributed by atoms with Gasteiger partial charge in [-0.25, -0.2) is 9.18 Å². The zero-order chi connectivity index (χ0) is 14.3. The molecule has 5 nitrogen and oxygen atoms in total. The molecule has 20 heavy (non-hydrogen) atoms. The number of carbonyl (C=O) groups is 1. The molecule has 1 unspecified atom stereocenters. The number of nitrogens with two attached hydrogens (primary N) is 1. The SMILES string of the molecule is NC(=O)N1c2ccn[c]c2NC1c1c(F)cccc1Cl. The fraction of sp³-hybridized carbons (Fsp3) is 0.0769. The van der Waals surface area contributed by atoms with Crippen LogP contribution >= 0.6 is 11.6 Å². The number of nitrogens with zero attached hydrogens (tertiary/aromatic N) is 2. The molecule has 0 bridgehead atoms. The fourth-order valence-electron chi connectivity index (χ4n) is 2.22. The van der Waals surface area contributed by atoms with Crippen molar-refractivity contribution in [3.05, 3.63) is 53.1 Å². The molecule has 2 amide bonds. The summed E-state index contributed by atoms with van der Waals surface area (Å²) in [5.41, 5.74) is 6.49. The van der Waals surface area contributed by atoms with Crippen molar-refractivity contribution in [2.45, 2.75) is 6.17 Å². The van der Waals surface area contributed by atoms with Gasteiger partial charge in [-0.3, -0.25) is 9.88 Å². The Kier molecular flexibility index (Phi) is 2.94. The van der Waals surface area contributed by atoms with Gasteiger partial charge in [0.25, 0.3) is 0 Å². The van der Waals surface area contributed by atoms with E-state index in [0.717, 1.165) is 0 Å². The van der Waals surface area contributed by atoms with Crippen LogP contribution in [0.2, 0.25) is 5.02 Å². The zero-order valence-corrected chi connectivity index (χ0v) is 10.9. The third kappa shape index (κ3) is 1.85. The minimum atomic E-state index is -0.823. The number of primary amides is 1. The minimum Gasteiger partial charge on any atom is -0.357 e. The maximum Gasteiger partial charge on any atom is 0.321 e. The van der Waals surface area contributed by atoms with E-state index >= 15 is 0 Å². The van der Waals surface area contributed by atoms with Crippen LogP contribution in [0, 0.1) is 12.0 Å². The van der Waals surface area contributed by atoms with Gasteiger partial charge in [0, 0.05) is 11.8 Å². The number of fused-ring (bicyclic) bond motifs is 1. The number of halogens is 2. The van der Waals surface area contributed by atoms with E-state index in [-0.39, 0.29) is 10.6 Å². The van der Waals surface area contributed by atoms with Crippen molar-refractivity contribution in [3.8, 4) is 0 Å². The van der Waals surface area contributed by atoms with Crippen molar-refractivity contribution in [3.63, 3.8) is 0 Å². The van der Waals surface area contributed by atoms with Crippen LogP contribution in [0.4, 0.5) is 20.6 Å². The lowest BCUT2D eigenvalue weighted by Crippen LogP contribution is -2.38. The first-order valence-corrected chi connectivity index (χ1v) is 6.13. The van der Waals surface area contributed by atoms with E-state index in [4.69, 9.17) is 17.3 Å². The second-order valence-corrected chi connectivity index (χ2v) is 4.61. The molecule has 101 valence electrons. The van der Waals surface area contributed by atoms with E-state index in [0.29, 0.717) is 11.4 Å². The molecule has 7 heteroatoms. The van der Waals surface area contributed by atoms with E-state index in [9.17, 15) is 9.18 Å². The maximum absolute atomic E-state index is 14.0. The van der Waals surface area contributed by atoms with Gasteiger partial charge in [-0.2, -0.15) is 0 Å². The number of benzene rings is 1. The fourth-order valence-corrected chi connectivity index (χ4v) is 2.48. The summed E-state index contributed by atoms with van der Waals surface area (Å²) in [6.07, 6.45) is 3.35. The summed E-state index contributed by atoms with van der Waals surface area (Å²) in [6.45, 7) is 0. The topological polar surface area (TPSA) is 71.2 Å². The van der Waals surface area contributed by atoms with Crippen molar-refractivity contribution >= 4 is 29.0 Å². The number of nitrogens with one attached hydrogen (secondary N) is 1. The molecule has 3 N–H and O–H groups in total. The van der Waals surface area contributed by atoms with Gasteiger partial charge < -0.3 is 11.1 Å². The predicted octanol–water partition coefficient (Wildman–Crippen LogP) is 2.68. The van der Waals surface area contributed by atoms with Crippen molar-refractivity contribution in [2.75, 3.05) is 10.2 Å². The average Bonchev–Trinajstić information content (AvgIpc) is 2.77. The number of carbonyl (C=O) groups excluding carboxylic acids is 1. The molecule has 1 aliphatic heterocycles. The molecule has 0 spiro atoms. The van der Waals surface area contributed by atoms with Gasteiger partial charge in [-0.1, -0.05) is 17.7 Å². The number of amides is 2. The number of urea groups is 1. The van der Waals surface area contributed by atoms with Crippen molar-refractivity contribution in [2.24, 2.45) is 5.73 Å². The van der Waals surface area contributed by atoms with Crippen LogP contribution in [0.15, 0.2) is 30.5 Å². The molecule has 0 fully saturated rings. The number of hydrogen-bond donors (Lipinski definition) is 2. The lowest BCUT2D eigenvalue weighted by atomic mass is 10.1. The van der Waals surface area contributed by atoms with Gasteiger partial charge in [-0.15, -0.1) is 0 Å². The Balaban J connectivity index is 2.14. The van der Waals surface area contributed by atoms with Gasteiger partial charge in [0.2, 0.25) is 0 Å². The first-order chi connectivity index (χ1) is 9.59. The number of pyridine rings is 1. The Hall–Kier alpha value is -2.34. The lowest BCUT2D eigenvalue weighted by Gasteiger charge is -2.24. The van der Waals surface area contributed by atoms with E-state index in [2.05, 4.69) is 16.5 Å². The van der Waals surface area contributed by atoms with E-state index < -0.39 is 18.0 Å². The van der Waals surface area contributed by atoms with E-state index in [1.54, 1.807) is 12.1 Å². The second-order valence-electron chi connectivity index (χ2n) is 4.21. The summed E-state index contributed by atoms with van der Waals surface area (Å²) in [5, 5.41) is 3.15. The summed E-state index contributed by atoms with van der Waals surface area (Å²) < 4.78 is 14.0. The Morgan fingerprint density at radius 1 is 1.50 bits per heavy atom. The monoisotopic (exact) mass is 291 g/mol. The molecule has 0 aliphatic carbocycles. The molecular weight excluding hydrogens is 283 g/mol. The molecule has 2 heterocycles. The van der Waals surface area contributed by atoms with Crippen LogP contribution in [0.3, 0.4) is 0 Å². The summed E-state index contributed by atoms with van der Waals surface area (Å²) in [5.74, 6) is -0.526. The molecule has 1 aromatic carbocycles. The third-order valence-corrected chi connectivity index (χ3v) is 3.38. The summed E-state index contributed by atoms with van der Waals surface area (Å²) in [6, 6.07) is 5.18. The number of aromatic nitrogens is 1. The first-order valence-electron chi connectivity index (χ1n) is 5.75. The molecule has 1 radical (unpaired) electrons. The van der Waals surface area contributed by atoms with Crippen LogP contribution in [-0.4, -0.2) is 11.0 Å². The van der Waals surface area contributed by atoms with Gasteiger partial charge in [0.1, 0.15) is 18.2 Å². The smallest absolute Gasteiger partial charge is 0.321 e. The van der Waals surface area contributed by atoms with Gasteiger partial charge >= 0.3 is 6.03 Å². The number of hydrogen-bond acceptors (Lipinski definition) is 3. The van der Waals surface area contributed by atoms with E-state index in [1.807, 2.05) is 0 Å². The third-order valence-electron chi connectivity index (χ3n) is 3.05. The lowest BCUT2D eigenvalue weighted by molar-refractivity contribution is 0.252. The molecule has 3 rings (SSSR count). The van der Waals surface area contributed by atoms with Gasteiger partial charge in [-0.05, 0) is 18.2 Å². The highest BCUT2D eigenvalue weighted by atomic mass is 35.5. The highest BCUT2D eigenvalue weighted by Crippen LogP contribution is 2.42. The predicted molar refractivity (Wildman–Crippen MR) is 72.9 cm³/mol. The normalized spacial score (nSPS) is 16.7. The van der Waals surface area contributed by atoms with Crippen LogP contribution in [0.5, 0.6) is 0 Å². The Morgan fingerprint density at radius 3 is 3.00 bits per heavy atom. The molecule has 1 atom stereocenters. The van der Waals surface area contributed by atoms with Crippen molar-refractivity contribution in [1.29, 1.82) is 0 Å². The highest BCUT2D eigenvalue weighted by molar-refractivity contribution is 6.31. The second kappa shape index (κ2) is 4.64. The van der Waals surface area contributed by atoms with Crippen LogP contribution in [0.1, 0.15) is 11.7 Å². The first kappa shape index (κ1) is 12.7. The summed E-state index contributed by atoms with van der Waals surface area (Å²) >= 11 is 6.04. The van der Waals surface area contributed by atoms with Crippen molar-refractivity contribution in [1.82, 2.24) is 4.98 Å². The quantitative estimate of drug-likeness (QED) is 0.848. The highest BCUT2D eigenvalue weighted by Gasteiger charge is 2.36. The van der Waals surface area contributed by atoms with E-state index in [1.165, 1.54) is 23.2 Å². The Labute approximate surface area is 119 Å². The summed E-state index contributed by atoms with van der Waals surface area (Å²) in [7, 11) is 0. The van der Waals surface area contributed by atoms with Crippen molar-refractivity contribution < 1.29 is 9.18 Å². The molecule has 2 aromatic rings. The molecular formula is C13H9ClFN4O. The van der Waals surface area contributed by atoms with Crippen LogP contribution in [0.25, 0.3) is 0 Å². The van der Waals surface area contributed by atoms with Gasteiger partial charge in [0.15, 0.2) is 0 Å². The minimum absolute atomic E-state index is 0.151. The number of anilines is 2. The summed E-state index contributed by atoms with van der Waals surface area (Å²) in [4.78, 5) is 16.7. The largest absolute Gasteiger partial charge is 0.357 e. The van der Waals surface area contributed by atoms with Gasteiger partial charge in [0.05, 0.1) is 16.4 Å².